The van der Waals surface area contributed by atoms with Crippen LogP contribution >= 0.6 is 0 Å². The lowest BCUT2D eigenvalue weighted by atomic mass is 10.1. The predicted molar refractivity (Wildman–Crippen MR) is 56.5 cm³/mol. The first-order valence-corrected chi connectivity index (χ1v) is 4.41. The van der Waals surface area contributed by atoms with Crippen LogP contribution in [0.3, 0.4) is 0 Å². The predicted octanol–water partition coefficient (Wildman–Crippen LogP) is 2.72. The Bertz CT molecular complexity index is 573. The van der Waals surface area contributed by atoms with E-state index in [0.717, 1.165) is 5.39 Å². The summed E-state index contributed by atoms with van der Waals surface area (Å²) in [5.41, 5.74) is 9.52. The Morgan fingerprint density at radius 2 is 2.13 bits per heavy atom. The number of para-hydroxylation sites is 1. The number of azide groups is 1. The summed E-state index contributed by atoms with van der Waals surface area (Å²) in [5.74, 6) is 0.108. The number of hydrogen-bond donors (Lipinski definition) is 0. The second-order valence-corrected chi connectivity index (χ2v) is 3.19. The van der Waals surface area contributed by atoms with E-state index in [-0.39, 0.29) is 5.82 Å². The summed E-state index contributed by atoms with van der Waals surface area (Å²) in [6.45, 7) is 1.74. The lowest BCUT2D eigenvalue weighted by molar-refractivity contribution is -0.563. The lowest BCUT2D eigenvalue weighted by Gasteiger charge is -2.12. The molecule has 2 aromatic rings. The van der Waals surface area contributed by atoms with Gasteiger partial charge in [0.2, 0.25) is 0 Å². The lowest BCUT2D eigenvalue weighted by Crippen LogP contribution is -2.27. The van der Waals surface area contributed by atoms with Crippen molar-refractivity contribution in [3.63, 3.8) is 0 Å². The molecule has 0 saturated heterocycles. The molecule has 0 spiro atoms. The summed E-state index contributed by atoms with van der Waals surface area (Å²) in [4.78, 5) is 2.64. The maximum absolute atomic E-state index is 11.8. The molecule has 5 heteroatoms. The van der Waals surface area contributed by atoms with Gasteiger partial charge in [-0.15, -0.1) is 0 Å². The summed E-state index contributed by atoms with van der Waals surface area (Å²) < 4.78 is 0.657. The molecule has 15 heavy (non-hydrogen) atoms. The van der Waals surface area contributed by atoms with E-state index < -0.39 is 0 Å². The smallest absolute Gasteiger partial charge is 0.194 e. The first-order valence-electron chi connectivity index (χ1n) is 4.41. The Kier molecular flexibility index (Phi) is 2.15. The molecule has 0 aliphatic heterocycles. The first-order chi connectivity index (χ1) is 7.24. The monoisotopic (exact) mass is 200 g/mol. The molecule has 0 aliphatic carbocycles. The van der Waals surface area contributed by atoms with Crippen molar-refractivity contribution in [2.45, 2.75) is 6.92 Å². The minimum absolute atomic E-state index is 0.108. The molecule has 74 valence electrons. The van der Waals surface area contributed by atoms with Crippen molar-refractivity contribution >= 4 is 16.7 Å². The zero-order valence-corrected chi connectivity index (χ0v) is 8.08. The summed E-state index contributed by atoms with van der Waals surface area (Å²) in [6.07, 6.45) is 0. The highest BCUT2D eigenvalue weighted by molar-refractivity contribution is 5.77. The third-order valence-electron chi connectivity index (χ3n) is 2.21. The topological polar surface area (TPSA) is 75.7 Å². The van der Waals surface area contributed by atoms with Crippen LogP contribution in [0.2, 0.25) is 0 Å². The van der Waals surface area contributed by atoms with Crippen molar-refractivity contribution in [2.24, 2.45) is 5.11 Å². The van der Waals surface area contributed by atoms with E-state index in [1.165, 1.54) is 0 Å². The molecule has 1 aromatic carbocycles. The molecule has 0 bridgehead atoms. The van der Waals surface area contributed by atoms with Crippen LogP contribution in [0, 0.1) is 12.1 Å². The number of hydrogen-bond acceptors (Lipinski definition) is 2. The summed E-state index contributed by atoms with van der Waals surface area (Å²) in [7, 11) is 0. The van der Waals surface area contributed by atoms with Crippen LogP contribution in [0.5, 0.6) is 0 Å². The van der Waals surface area contributed by atoms with Crippen LogP contribution in [-0.4, -0.2) is 0 Å². The molecule has 1 heterocycles. The average molecular weight is 200 g/mol. The highest BCUT2D eigenvalue weighted by Gasteiger charge is 2.06. The van der Waals surface area contributed by atoms with Gasteiger partial charge in [0.05, 0.1) is 0 Å². The Balaban J connectivity index is 2.89. The van der Waals surface area contributed by atoms with E-state index in [0.29, 0.717) is 15.8 Å². The van der Waals surface area contributed by atoms with Gasteiger partial charge in [-0.1, -0.05) is 18.2 Å². The van der Waals surface area contributed by atoms with Crippen LogP contribution in [0.4, 0.5) is 5.82 Å². The van der Waals surface area contributed by atoms with Gasteiger partial charge in [-0.25, -0.2) is 0 Å². The SMILES string of the molecule is Cc1cc2ccccc2[n+]([O-])c1N=[N+]=[N-]. The van der Waals surface area contributed by atoms with Crippen LogP contribution in [0.15, 0.2) is 35.4 Å². The van der Waals surface area contributed by atoms with Crippen LogP contribution < -0.4 is 4.73 Å². The zero-order valence-electron chi connectivity index (χ0n) is 8.08. The Morgan fingerprint density at radius 3 is 2.87 bits per heavy atom. The van der Waals surface area contributed by atoms with Crippen molar-refractivity contribution < 1.29 is 4.73 Å². The molecule has 0 saturated carbocycles. The van der Waals surface area contributed by atoms with E-state index in [2.05, 4.69) is 10.0 Å². The van der Waals surface area contributed by atoms with E-state index in [4.69, 9.17) is 5.53 Å². The number of rotatable bonds is 1. The molecule has 5 nitrogen and oxygen atoms in total. The number of aryl methyl sites for hydroxylation is 1. The molecule has 0 N–H and O–H groups in total. The van der Waals surface area contributed by atoms with Crippen molar-refractivity contribution in [3.05, 3.63) is 51.5 Å². The van der Waals surface area contributed by atoms with E-state index in [1.807, 2.05) is 18.2 Å². The summed E-state index contributed by atoms with van der Waals surface area (Å²) in [6, 6.07) is 8.99. The molecule has 0 fully saturated rings. The molecular formula is C10H8N4O. The maximum Gasteiger partial charge on any atom is 0.194 e. The van der Waals surface area contributed by atoms with Crippen molar-refractivity contribution in [2.75, 3.05) is 0 Å². The third kappa shape index (κ3) is 1.45. The second-order valence-electron chi connectivity index (χ2n) is 3.19. The van der Waals surface area contributed by atoms with Gasteiger partial charge in [-0.3, -0.25) is 4.73 Å². The van der Waals surface area contributed by atoms with Gasteiger partial charge in [0.1, 0.15) is 5.52 Å². The van der Waals surface area contributed by atoms with E-state index >= 15 is 0 Å². The summed E-state index contributed by atoms with van der Waals surface area (Å²) in [5, 5.41) is 16.0. The molecule has 2 rings (SSSR count). The number of benzene rings is 1. The van der Waals surface area contributed by atoms with Gasteiger partial charge < -0.3 is 5.21 Å². The third-order valence-corrected chi connectivity index (χ3v) is 2.21. The van der Waals surface area contributed by atoms with Crippen LogP contribution in [-0.2, 0) is 0 Å². The highest BCUT2D eigenvalue weighted by Crippen LogP contribution is 2.19. The number of nitrogens with zero attached hydrogens (tertiary/aromatic N) is 4. The van der Waals surface area contributed by atoms with E-state index in [1.54, 1.807) is 19.1 Å². The molecule has 0 amide bonds. The molecule has 0 aliphatic rings. The molecule has 0 unspecified atom stereocenters. The van der Waals surface area contributed by atoms with Crippen LogP contribution in [0.25, 0.3) is 21.3 Å². The standard InChI is InChI=1S/C10H8N4O/c1-7-6-8-4-2-3-5-9(8)14(15)10(7)12-13-11/h2-6H,1H3. The Labute approximate surface area is 85.8 Å². The maximum atomic E-state index is 11.8. The fraction of sp³-hybridized carbons (Fsp3) is 0.100. The molecule has 0 radical (unpaired) electrons. The van der Waals surface area contributed by atoms with Crippen molar-refractivity contribution in [1.82, 2.24) is 0 Å². The Hall–Kier alpha value is -2.26. The van der Waals surface area contributed by atoms with Gasteiger partial charge in [-0.05, 0) is 35.3 Å². The number of pyridine rings is 1. The largest absolute Gasteiger partial charge is 0.713 e. The molecule has 1 aromatic heterocycles. The quantitative estimate of drug-likeness (QED) is 0.229. The highest BCUT2D eigenvalue weighted by atomic mass is 16.5. The van der Waals surface area contributed by atoms with Gasteiger partial charge in [0, 0.05) is 10.3 Å². The van der Waals surface area contributed by atoms with Crippen molar-refractivity contribution in [1.29, 1.82) is 0 Å². The van der Waals surface area contributed by atoms with Gasteiger partial charge in [-0.2, -0.15) is 0 Å². The molecular weight excluding hydrogens is 192 g/mol. The normalized spacial score (nSPS) is 9.93. The molecule has 0 atom stereocenters. The van der Waals surface area contributed by atoms with Gasteiger partial charge >= 0.3 is 0 Å². The minimum Gasteiger partial charge on any atom is -0.713 e. The fourth-order valence-corrected chi connectivity index (χ4v) is 1.53. The van der Waals surface area contributed by atoms with E-state index in [9.17, 15) is 5.21 Å². The average Bonchev–Trinajstić information content (AvgIpc) is 2.24. The van der Waals surface area contributed by atoms with Gasteiger partial charge in [0.25, 0.3) is 0 Å². The number of fused-ring (bicyclic) bond motifs is 1. The second kappa shape index (κ2) is 3.48. The van der Waals surface area contributed by atoms with Gasteiger partial charge in [0.15, 0.2) is 5.82 Å². The minimum atomic E-state index is 0.108. The zero-order chi connectivity index (χ0) is 10.8. The van der Waals surface area contributed by atoms with Crippen molar-refractivity contribution in [3.8, 4) is 0 Å². The number of aromatic nitrogens is 1. The Morgan fingerprint density at radius 1 is 1.40 bits per heavy atom. The van der Waals surface area contributed by atoms with Crippen LogP contribution in [0.1, 0.15) is 5.56 Å². The summed E-state index contributed by atoms with van der Waals surface area (Å²) >= 11 is 0. The fourth-order valence-electron chi connectivity index (χ4n) is 1.53. The first kappa shape index (κ1) is 9.30.